The Morgan fingerprint density at radius 1 is 1.32 bits per heavy atom. The number of benzene rings is 1. The molecule has 0 radical (unpaired) electrons. The van der Waals surface area contributed by atoms with Crippen LogP contribution in [-0.2, 0) is 12.6 Å². The molecule has 0 bridgehead atoms. The minimum atomic E-state index is -4.50. The molecule has 3 nitrogen and oxygen atoms in total. The summed E-state index contributed by atoms with van der Waals surface area (Å²) in [5, 5.41) is 2.37. The van der Waals surface area contributed by atoms with E-state index in [2.05, 4.69) is 5.32 Å². The molecular formula is C11H15Cl2F3N2O. The Hall–Kier alpha value is -1.14. The van der Waals surface area contributed by atoms with Crippen LogP contribution in [0.2, 0.25) is 0 Å². The van der Waals surface area contributed by atoms with Gasteiger partial charge in [-0.15, -0.1) is 24.8 Å². The van der Waals surface area contributed by atoms with E-state index in [0.717, 1.165) is 12.1 Å². The van der Waals surface area contributed by atoms with Crippen molar-refractivity contribution in [3.05, 3.63) is 28.8 Å². The summed E-state index contributed by atoms with van der Waals surface area (Å²) in [5.74, 6) is -0.442. The van der Waals surface area contributed by atoms with Crippen LogP contribution in [0.25, 0.3) is 0 Å². The Kier molecular flexibility index (Phi) is 7.91. The first-order chi connectivity index (χ1) is 7.82. The summed E-state index contributed by atoms with van der Waals surface area (Å²) in [6.07, 6.45) is -4.24. The van der Waals surface area contributed by atoms with Crippen molar-refractivity contribution in [2.45, 2.75) is 19.5 Å². The Labute approximate surface area is 121 Å². The van der Waals surface area contributed by atoms with Gasteiger partial charge in [-0.1, -0.05) is 6.92 Å². The van der Waals surface area contributed by atoms with E-state index < -0.39 is 17.6 Å². The Morgan fingerprint density at radius 3 is 2.21 bits per heavy atom. The van der Waals surface area contributed by atoms with E-state index in [0.29, 0.717) is 0 Å². The average molecular weight is 319 g/mol. The van der Waals surface area contributed by atoms with Crippen molar-refractivity contribution in [1.82, 2.24) is 5.32 Å². The molecule has 0 atom stereocenters. The summed E-state index contributed by atoms with van der Waals surface area (Å²) in [6, 6.07) is 1.98. The van der Waals surface area contributed by atoms with E-state index in [1.54, 1.807) is 6.92 Å². The first kappa shape index (κ1) is 20.2. The second-order valence-corrected chi connectivity index (χ2v) is 3.48. The van der Waals surface area contributed by atoms with Crippen molar-refractivity contribution in [2.24, 2.45) is 0 Å². The van der Waals surface area contributed by atoms with Gasteiger partial charge in [0.1, 0.15) is 0 Å². The average Bonchev–Trinajstić information content (AvgIpc) is 2.25. The van der Waals surface area contributed by atoms with Gasteiger partial charge in [0.05, 0.1) is 5.56 Å². The number of alkyl halides is 3. The van der Waals surface area contributed by atoms with E-state index in [1.165, 1.54) is 7.05 Å². The second-order valence-electron chi connectivity index (χ2n) is 3.48. The number of nitrogens with one attached hydrogen (secondary N) is 1. The number of hydrogen-bond acceptors (Lipinski definition) is 2. The van der Waals surface area contributed by atoms with Crippen LogP contribution in [0.4, 0.5) is 18.9 Å². The molecule has 8 heteroatoms. The molecule has 110 valence electrons. The SMILES string of the molecule is CCc1c(C(=O)NC)ccc(C(F)(F)F)c1N.Cl.Cl. The van der Waals surface area contributed by atoms with Crippen LogP contribution < -0.4 is 11.1 Å². The molecular weight excluding hydrogens is 304 g/mol. The molecule has 0 saturated carbocycles. The normalized spacial score (nSPS) is 10.2. The zero-order chi connectivity index (χ0) is 13.2. The highest BCUT2D eigenvalue weighted by Crippen LogP contribution is 2.36. The van der Waals surface area contributed by atoms with Gasteiger partial charge in [-0.2, -0.15) is 13.2 Å². The molecule has 0 spiro atoms. The number of anilines is 1. The highest BCUT2D eigenvalue weighted by atomic mass is 35.5. The molecule has 0 unspecified atom stereocenters. The van der Waals surface area contributed by atoms with Gasteiger partial charge in [-0.3, -0.25) is 4.79 Å². The minimum Gasteiger partial charge on any atom is -0.398 e. The standard InChI is InChI=1S/C11H13F3N2O.2ClH/c1-3-6-7(10(17)16-2)4-5-8(9(6)15)11(12,13)14;;/h4-5H,3,15H2,1-2H3,(H,16,17);2*1H. The van der Waals surface area contributed by atoms with E-state index in [-0.39, 0.29) is 48.0 Å². The van der Waals surface area contributed by atoms with Crippen LogP contribution >= 0.6 is 24.8 Å². The number of amides is 1. The fourth-order valence-electron chi connectivity index (χ4n) is 1.64. The zero-order valence-electron chi connectivity index (χ0n) is 10.3. The molecule has 19 heavy (non-hydrogen) atoms. The topological polar surface area (TPSA) is 55.1 Å². The quantitative estimate of drug-likeness (QED) is 0.823. The molecule has 0 aromatic heterocycles. The maximum atomic E-state index is 12.6. The molecule has 1 aromatic rings. The van der Waals surface area contributed by atoms with Crippen molar-refractivity contribution < 1.29 is 18.0 Å². The van der Waals surface area contributed by atoms with E-state index in [4.69, 9.17) is 5.73 Å². The lowest BCUT2D eigenvalue weighted by Crippen LogP contribution is -2.21. The van der Waals surface area contributed by atoms with Crippen LogP contribution in [0.15, 0.2) is 12.1 Å². The first-order valence-electron chi connectivity index (χ1n) is 5.03. The van der Waals surface area contributed by atoms with Crippen LogP contribution in [0.3, 0.4) is 0 Å². The number of nitrogen functional groups attached to an aromatic ring is 1. The maximum Gasteiger partial charge on any atom is 0.418 e. The van der Waals surface area contributed by atoms with Gasteiger partial charge >= 0.3 is 6.18 Å². The number of carbonyl (C=O) groups is 1. The molecule has 3 N–H and O–H groups in total. The third kappa shape index (κ3) is 4.18. The predicted molar refractivity (Wildman–Crippen MR) is 73.1 cm³/mol. The van der Waals surface area contributed by atoms with Gasteiger partial charge in [-0.05, 0) is 24.1 Å². The third-order valence-electron chi connectivity index (χ3n) is 2.49. The summed E-state index contributed by atoms with van der Waals surface area (Å²) < 4.78 is 37.8. The molecule has 0 aliphatic rings. The summed E-state index contributed by atoms with van der Waals surface area (Å²) >= 11 is 0. The molecule has 1 amide bonds. The Bertz CT molecular complexity index is 450. The molecule has 0 heterocycles. The van der Waals surface area contributed by atoms with Gasteiger partial charge in [0.15, 0.2) is 0 Å². The molecule has 1 rings (SSSR count). The molecule has 0 saturated heterocycles. The first-order valence-corrected chi connectivity index (χ1v) is 5.03. The lowest BCUT2D eigenvalue weighted by atomic mass is 9.98. The van der Waals surface area contributed by atoms with Crippen LogP contribution in [0, 0.1) is 0 Å². The summed E-state index contributed by atoms with van der Waals surface area (Å²) in [4.78, 5) is 11.5. The van der Waals surface area contributed by atoms with Gasteiger partial charge in [-0.25, -0.2) is 0 Å². The Morgan fingerprint density at radius 2 is 1.84 bits per heavy atom. The van der Waals surface area contributed by atoms with E-state index in [9.17, 15) is 18.0 Å². The van der Waals surface area contributed by atoms with Crippen molar-refractivity contribution in [3.8, 4) is 0 Å². The highest BCUT2D eigenvalue weighted by molar-refractivity contribution is 5.97. The van der Waals surface area contributed by atoms with Crippen molar-refractivity contribution >= 4 is 36.4 Å². The van der Waals surface area contributed by atoms with E-state index in [1.807, 2.05) is 0 Å². The summed E-state index contributed by atoms with van der Waals surface area (Å²) in [5.41, 5.74) is 4.60. The molecule has 0 aliphatic carbocycles. The van der Waals surface area contributed by atoms with Gasteiger partial charge in [0.2, 0.25) is 0 Å². The van der Waals surface area contributed by atoms with Crippen LogP contribution in [0.5, 0.6) is 0 Å². The number of hydrogen-bond donors (Lipinski definition) is 2. The number of carbonyl (C=O) groups excluding carboxylic acids is 1. The van der Waals surface area contributed by atoms with E-state index >= 15 is 0 Å². The summed E-state index contributed by atoms with van der Waals surface area (Å²) in [6.45, 7) is 1.65. The fraction of sp³-hybridized carbons (Fsp3) is 0.364. The monoisotopic (exact) mass is 318 g/mol. The second kappa shape index (κ2) is 7.45. The minimum absolute atomic E-state index is 0. The maximum absolute atomic E-state index is 12.6. The van der Waals surface area contributed by atoms with Crippen molar-refractivity contribution in [2.75, 3.05) is 12.8 Å². The Balaban J connectivity index is 0. The molecule has 0 fully saturated rings. The lowest BCUT2D eigenvalue weighted by molar-refractivity contribution is -0.136. The third-order valence-corrected chi connectivity index (χ3v) is 2.49. The van der Waals surface area contributed by atoms with Gasteiger partial charge in [0, 0.05) is 18.3 Å². The van der Waals surface area contributed by atoms with Crippen LogP contribution in [0.1, 0.15) is 28.4 Å². The lowest BCUT2D eigenvalue weighted by Gasteiger charge is -2.15. The highest BCUT2D eigenvalue weighted by Gasteiger charge is 2.34. The molecule has 0 aliphatic heterocycles. The van der Waals surface area contributed by atoms with Crippen LogP contribution in [-0.4, -0.2) is 13.0 Å². The molecule has 1 aromatic carbocycles. The van der Waals surface area contributed by atoms with Gasteiger partial charge < -0.3 is 11.1 Å². The van der Waals surface area contributed by atoms with Gasteiger partial charge in [0.25, 0.3) is 5.91 Å². The smallest absolute Gasteiger partial charge is 0.398 e. The number of rotatable bonds is 2. The predicted octanol–water partition coefficient (Wildman–Crippen LogP) is 3.05. The van der Waals surface area contributed by atoms with Crippen molar-refractivity contribution in [1.29, 1.82) is 0 Å². The largest absolute Gasteiger partial charge is 0.418 e. The van der Waals surface area contributed by atoms with Crippen molar-refractivity contribution in [3.63, 3.8) is 0 Å². The number of nitrogens with two attached hydrogens (primary N) is 1. The zero-order valence-corrected chi connectivity index (χ0v) is 11.9. The summed E-state index contributed by atoms with van der Waals surface area (Å²) in [7, 11) is 1.41. The fourth-order valence-corrected chi connectivity index (χ4v) is 1.64. The number of halogens is 5.